The molecule has 0 fully saturated rings. The second-order valence-electron chi connectivity index (χ2n) is 7.51. The van der Waals surface area contributed by atoms with Crippen LogP contribution >= 0.6 is 0 Å². The number of sulfonamides is 1. The molecule has 0 aliphatic carbocycles. The van der Waals surface area contributed by atoms with Gasteiger partial charge in [-0.2, -0.15) is 0 Å². The van der Waals surface area contributed by atoms with Crippen molar-refractivity contribution in [2.75, 3.05) is 4.72 Å². The summed E-state index contributed by atoms with van der Waals surface area (Å²) in [4.78, 5) is 12.8. The van der Waals surface area contributed by atoms with Gasteiger partial charge < -0.3 is 5.32 Å². The van der Waals surface area contributed by atoms with Gasteiger partial charge in [-0.05, 0) is 62.6 Å². The lowest BCUT2D eigenvalue weighted by Gasteiger charge is -2.16. The summed E-state index contributed by atoms with van der Waals surface area (Å²) in [6.45, 7) is 7.41. The van der Waals surface area contributed by atoms with Crippen LogP contribution in [0.3, 0.4) is 0 Å². The van der Waals surface area contributed by atoms with Crippen LogP contribution in [0.2, 0.25) is 0 Å². The zero-order valence-corrected chi connectivity index (χ0v) is 18.4. The van der Waals surface area contributed by atoms with E-state index in [4.69, 9.17) is 0 Å². The number of rotatable bonds is 6. The molecule has 30 heavy (non-hydrogen) atoms. The molecule has 156 valence electrons. The smallest absolute Gasteiger partial charge is 0.262 e. The van der Waals surface area contributed by atoms with Gasteiger partial charge in [-0.15, -0.1) is 0 Å². The van der Waals surface area contributed by atoms with Crippen molar-refractivity contribution in [3.05, 3.63) is 94.5 Å². The van der Waals surface area contributed by atoms with Crippen molar-refractivity contribution in [3.8, 4) is 0 Å². The lowest BCUT2D eigenvalue weighted by Crippen LogP contribution is -2.27. The first kappa shape index (κ1) is 21.6. The number of amides is 1. The fourth-order valence-electron chi connectivity index (χ4n) is 3.26. The van der Waals surface area contributed by atoms with Gasteiger partial charge in [0.25, 0.3) is 15.9 Å². The molecule has 0 saturated heterocycles. The number of carbonyl (C=O) groups excluding carboxylic acids is 1. The monoisotopic (exact) mass is 422 g/mol. The Labute approximate surface area is 178 Å². The number of hydrogen-bond donors (Lipinski definition) is 2. The predicted molar refractivity (Wildman–Crippen MR) is 120 cm³/mol. The van der Waals surface area contributed by atoms with Crippen molar-refractivity contribution >= 4 is 21.6 Å². The lowest BCUT2D eigenvalue weighted by molar-refractivity contribution is 0.0939. The molecule has 0 aliphatic heterocycles. The molecule has 3 aromatic rings. The van der Waals surface area contributed by atoms with Crippen molar-refractivity contribution in [1.29, 1.82) is 0 Å². The normalized spacial score (nSPS) is 12.3. The number of carbonyl (C=O) groups is 1. The molecule has 5 nitrogen and oxygen atoms in total. The summed E-state index contributed by atoms with van der Waals surface area (Å²) >= 11 is 0. The van der Waals surface area contributed by atoms with Gasteiger partial charge >= 0.3 is 0 Å². The van der Waals surface area contributed by atoms with E-state index in [0.29, 0.717) is 16.8 Å². The largest absolute Gasteiger partial charge is 0.346 e. The number of nitrogens with one attached hydrogen (secondary N) is 2. The van der Waals surface area contributed by atoms with E-state index in [-0.39, 0.29) is 16.8 Å². The van der Waals surface area contributed by atoms with E-state index in [0.717, 1.165) is 16.7 Å². The minimum Gasteiger partial charge on any atom is -0.346 e. The number of anilines is 1. The maximum atomic E-state index is 13.0. The third kappa shape index (κ3) is 4.89. The Morgan fingerprint density at radius 3 is 2.23 bits per heavy atom. The fraction of sp³-hybridized carbons (Fsp3) is 0.208. The number of hydrogen-bond acceptors (Lipinski definition) is 3. The fourth-order valence-corrected chi connectivity index (χ4v) is 4.67. The van der Waals surface area contributed by atoms with Gasteiger partial charge in [-0.25, -0.2) is 8.42 Å². The molecule has 0 unspecified atom stereocenters. The van der Waals surface area contributed by atoms with Gasteiger partial charge in [0.2, 0.25) is 0 Å². The van der Waals surface area contributed by atoms with E-state index < -0.39 is 10.0 Å². The molecule has 0 aromatic heterocycles. The second-order valence-corrected chi connectivity index (χ2v) is 9.16. The van der Waals surface area contributed by atoms with Gasteiger partial charge in [-0.3, -0.25) is 9.52 Å². The predicted octanol–water partition coefficient (Wildman–Crippen LogP) is 4.90. The molecule has 0 aliphatic rings. The highest BCUT2D eigenvalue weighted by Gasteiger charge is 2.21. The van der Waals surface area contributed by atoms with E-state index in [2.05, 4.69) is 10.0 Å². The maximum Gasteiger partial charge on any atom is 0.262 e. The first-order valence-corrected chi connectivity index (χ1v) is 11.2. The molecule has 1 amide bonds. The van der Waals surface area contributed by atoms with Crippen LogP contribution in [0.5, 0.6) is 0 Å². The summed E-state index contributed by atoms with van der Waals surface area (Å²) in [5.74, 6) is -0.325. The highest BCUT2D eigenvalue weighted by molar-refractivity contribution is 7.92. The molecule has 6 heteroatoms. The molecule has 2 N–H and O–H groups in total. The summed E-state index contributed by atoms with van der Waals surface area (Å²) in [6, 6.07) is 19.6. The van der Waals surface area contributed by atoms with Crippen molar-refractivity contribution in [3.63, 3.8) is 0 Å². The van der Waals surface area contributed by atoms with Crippen LogP contribution in [0.1, 0.15) is 45.6 Å². The van der Waals surface area contributed by atoms with E-state index in [1.165, 1.54) is 6.07 Å². The standard InChI is InChI=1S/C24H26N2O3S/c1-16-10-13-22(18(3)14-16)26-30(28,29)23-15-21(12-11-17(23)2)24(27)25-19(4)20-8-6-5-7-9-20/h5-15,19,26H,1-4H3,(H,25,27)/t19-/m1/s1. The van der Waals surface area contributed by atoms with Crippen molar-refractivity contribution in [2.45, 2.75) is 38.6 Å². The Hall–Kier alpha value is -3.12. The van der Waals surface area contributed by atoms with Crippen molar-refractivity contribution in [1.82, 2.24) is 5.32 Å². The molecule has 0 saturated carbocycles. The first-order chi connectivity index (χ1) is 14.2. The maximum absolute atomic E-state index is 13.0. The van der Waals surface area contributed by atoms with E-state index >= 15 is 0 Å². The zero-order valence-electron chi connectivity index (χ0n) is 17.6. The van der Waals surface area contributed by atoms with E-state index in [1.54, 1.807) is 25.1 Å². The minimum absolute atomic E-state index is 0.0856. The quantitative estimate of drug-likeness (QED) is 0.593. The molecular formula is C24H26N2O3S. The third-order valence-corrected chi connectivity index (χ3v) is 6.52. The minimum atomic E-state index is -3.85. The molecular weight excluding hydrogens is 396 g/mol. The van der Waals surface area contributed by atoms with Gasteiger partial charge in [0, 0.05) is 5.56 Å². The molecule has 1 atom stereocenters. The molecule has 3 rings (SSSR count). The van der Waals surface area contributed by atoms with Gasteiger partial charge in [-0.1, -0.05) is 54.1 Å². The van der Waals surface area contributed by atoms with E-state index in [9.17, 15) is 13.2 Å². The van der Waals surface area contributed by atoms with Crippen LogP contribution in [0.15, 0.2) is 71.6 Å². The summed E-state index contributed by atoms with van der Waals surface area (Å²) < 4.78 is 28.7. The average molecular weight is 423 g/mol. The lowest BCUT2D eigenvalue weighted by atomic mass is 10.1. The molecule has 3 aromatic carbocycles. The van der Waals surface area contributed by atoms with Crippen LogP contribution in [0.25, 0.3) is 0 Å². The Kier molecular flexibility index (Phi) is 6.27. The van der Waals surface area contributed by atoms with Crippen LogP contribution < -0.4 is 10.0 Å². The summed E-state index contributed by atoms with van der Waals surface area (Å²) in [5, 5.41) is 2.92. The molecule has 0 radical (unpaired) electrons. The van der Waals surface area contributed by atoms with E-state index in [1.807, 2.05) is 63.2 Å². The zero-order chi connectivity index (χ0) is 21.9. The van der Waals surface area contributed by atoms with Crippen molar-refractivity contribution in [2.24, 2.45) is 0 Å². The van der Waals surface area contributed by atoms with Crippen molar-refractivity contribution < 1.29 is 13.2 Å². The third-order valence-electron chi connectivity index (χ3n) is 5.01. The Bertz CT molecular complexity index is 1170. The van der Waals surface area contributed by atoms with Gasteiger partial charge in [0.1, 0.15) is 0 Å². The SMILES string of the molecule is Cc1ccc(NS(=O)(=O)c2cc(C(=O)N[C@H](C)c3ccccc3)ccc2C)c(C)c1. The Balaban J connectivity index is 1.86. The van der Waals surface area contributed by atoms with Crippen LogP contribution in [0, 0.1) is 20.8 Å². The molecule has 0 heterocycles. The second kappa shape index (κ2) is 8.71. The molecule has 0 bridgehead atoms. The van der Waals surface area contributed by atoms with Crippen LogP contribution in [-0.4, -0.2) is 14.3 Å². The number of benzene rings is 3. The Morgan fingerprint density at radius 1 is 0.867 bits per heavy atom. The summed E-state index contributed by atoms with van der Waals surface area (Å²) in [6.07, 6.45) is 0. The summed E-state index contributed by atoms with van der Waals surface area (Å²) in [5.41, 5.74) is 4.25. The topological polar surface area (TPSA) is 75.3 Å². The van der Waals surface area contributed by atoms with Crippen LogP contribution in [-0.2, 0) is 10.0 Å². The highest BCUT2D eigenvalue weighted by atomic mass is 32.2. The average Bonchev–Trinajstić information content (AvgIpc) is 2.71. The summed E-state index contributed by atoms with van der Waals surface area (Å²) in [7, 11) is -3.85. The van der Waals surface area contributed by atoms with Gasteiger partial charge in [0.05, 0.1) is 16.6 Å². The first-order valence-electron chi connectivity index (χ1n) is 9.74. The number of aryl methyl sites for hydroxylation is 3. The Morgan fingerprint density at radius 2 is 1.57 bits per heavy atom. The molecule has 0 spiro atoms. The van der Waals surface area contributed by atoms with Gasteiger partial charge in [0.15, 0.2) is 0 Å². The highest BCUT2D eigenvalue weighted by Crippen LogP contribution is 2.24. The van der Waals surface area contributed by atoms with Crippen LogP contribution in [0.4, 0.5) is 5.69 Å².